The molecule has 1 saturated carbocycles. The van der Waals surface area contributed by atoms with E-state index in [-0.39, 0.29) is 24.3 Å². The summed E-state index contributed by atoms with van der Waals surface area (Å²) in [4.78, 5) is 37.8. The van der Waals surface area contributed by atoms with Crippen LogP contribution in [0.15, 0.2) is 22.8 Å². The highest BCUT2D eigenvalue weighted by Crippen LogP contribution is 2.26. The molecule has 7 nitrogen and oxygen atoms in total. The van der Waals surface area contributed by atoms with Crippen molar-refractivity contribution in [3.05, 3.63) is 24.2 Å². The maximum Gasteiger partial charge on any atom is 0.308 e. The molecule has 3 rings (SSSR count). The summed E-state index contributed by atoms with van der Waals surface area (Å²) in [6.07, 6.45) is 5.78. The highest BCUT2D eigenvalue weighted by atomic mass is 16.4. The molecule has 1 aliphatic carbocycles. The van der Waals surface area contributed by atoms with E-state index in [1.807, 2.05) is 0 Å². The molecule has 2 amide bonds. The largest absolute Gasteiger partial charge is 0.481 e. The van der Waals surface area contributed by atoms with Gasteiger partial charge in [0.15, 0.2) is 0 Å². The molecule has 2 aliphatic rings. The fraction of sp³-hybridized carbons (Fsp3) is 0.611. The van der Waals surface area contributed by atoms with Gasteiger partial charge < -0.3 is 19.7 Å². The molecule has 1 aromatic heterocycles. The highest BCUT2D eigenvalue weighted by Gasteiger charge is 2.37. The molecule has 2 N–H and O–H groups in total. The van der Waals surface area contributed by atoms with Crippen LogP contribution in [0.2, 0.25) is 0 Å². The molecule has 0 bridgehead atoms. The van der Waals surface area contributed by atoms with Crippen LogP contribution in [0.3, 0.4) is 0 Å². The Balaban J connectivity index is 1.59. The van der Waals surface area contributed by atoms with Crippen LogP contribution in [0.4, 0.5) is 0 Å². The Bertz CT molecular complexity index is 627. The molecular weight excluding hydrogens is 324 g/mol. The first-order valence-corrected chi connectivity index (χ1v) is 8.88. The van der Waals surface area contributed by atoms with Crippen molar-refractivity contribution >= 4 is 17.8 Å². The first kappa shape index (κ1) is 17.5. The van der Waals surface area contributed by atoms with Crippen molar-refractivity contribution in [1.82, 2.24) is 10.2 Å². The van der Waals surface area contributed by atoms with Crippen LogP contribution in [0.5, 0.6) is 0 Å². The van der Waals surface area contributed by atoms with Gasteiger partial charge in [0.2, 0.25) is 11.8 Å². The van der Waals surface area contributed by atoms with Crippen molar-refractivity contribution in [2.45, 2.75) is 51.1 Å². The van der Waals surface area contributed by atoms with Gasteiger partial charge in [-0.2, -0.15) is 0 Å². The summed E-state index contributed by atoms with van der Waals surface area (Å²) in [5, 5.41) is 12.3. The summed E-state index contributed by atoms with van der Waals surface area (Å²) < 4.78 is 5.26. The van der Waals surface area contributed by atoms with Gasteiger partial charge in [-0.3, -0.25) is 14.4 Å². The minimum atomic E-state index is -0.853. The topological polar surface area (TPSA) is 99.8 Å². The standard InChI is InChI=1S/C18H24N2O5/c21-16-9-12(10-20(16)11-13-5-4-8-25-13)17(22)19-15-7-3-1-2-6-14(15)18(23)24/h4-5,8,12,14-15H,1-3,6-7,9-11H2,(H,19,22)(H,23,24)/t12?,14-,15+/m1/s1. The van der Waals surface area contributed by atoms with E-state index in [2.05, 4.69) is 5.32 Å². The second-order valence-electron chi connectivity index (χ2n) is 6.95. The van der Waals surface area contributed by atoms with Crippen molar-refractivity contribution in [1.29, 1.82) is 0 Å². The summed E-state index contributed by atoms with van der Waals surface area (Å²) >= 11 is 0. The monoisotopic (exact) mass is 348 g/mol. The van der Waals surface area contributed by atoms with Crippen molar-refractivity contribution in [2.24, 2.45) is 11.8 Å². The van der Waals surface area contributed by atoms with Crippen LogP contribution in [0, 0.1) is 11.8 Å². The third-order valence-electron chi connectivity index (χ3n) is 5.17. The SMILES string of the molecule is O=C(N[C@H]1CCCCC[C@H]1C(=O)O)C1CC(=O)N(Cc2ccco2)C1. The normalized spacial score (nSPS) is 27.1. The molecule has 1 aliphatic heterocycles. The van der Waals surface area contributed by atoms with Crippen molar-refractivity contribution in [2.75, 3.05) is 6.54 Å². The Morgan fingerprint density at radius 3 is 2.80 bits per heavy atom. The first-order valence-electron chi connectivity index (χ1n) is 8.88. The summed E-state index contributed by atoms with van der Waals surface area (Å²) in [6.45, 7) is 0.701. The van der Waals surface area contributed by atoms with E-state index in [9.17, 15) is 19.5 Å². The Hall–Kier alpha value is -2.31. The number of nitrogens with zero attached hydrogens (tertiary/aromatic N) is 1. The van der Waals surface area contributed by atoms with Gasteiger partial charge in [0.1, 0.15) is 5.76 Å². The number of carboxylic acids is 1. The summed E-state index contributed by atoms with van der Waals surface area (Å²) in [5.74, 6) is -1.43. The van der Waals surface area contributed by atoms with E-state index < -0.39 is 17.8 Å². The number of likely N-dealkylation sites (tertiary alicyclic amines) is 1. The summed E-state index contributed by atoms with van der Waals surface area (Å²) in [5.41, 5.74) is 0. The fourth-order valence-electron chi connectivity index (χ4n) is 3.77. The van der Waals surface area contributed by atoms with E-state index in [0.717, 1.165) is 19.3 Å². The predicted octanol–water partition coefficient (Wildman–Crippen LogP) is 1.78. The van der Waals surface area contributed by atoms with Crippen LogP contribution in [0.25, 0.3) is 0 Å². The summed E-state index contributed by atoms with van der Waals surface area (Å²) in [6, 6.07) is 3.21. The molecule has 136 valence electrons. The van der Waals surface area contributed by atoms with Gasteiger partial charge in [-0.15, -0.1) is 0 Å². The maximum absolute atomic E-state index is 12.6. The Morgan fingerprint density at radius 1 is 1.28 bits per heavy atom. The van der Waals surface area contributed by atoms with Gasteiger partial charge in [-0.05, 0) is 25.0 Å². The van der Waals surface area contributed by atoms with Crippen molar-refractivity contribution in [3.8, 4) is 0 Å². The number of rotatable bonds is 5. The number of amides is 2. The van der Waals surface area contributed by atoms with Gasteiger partial charge >= 0.3 is 5.97 Å². The molecule has 0 spiro atoms. The number of aliphatic carboxylic acids is 1. The van der Waals surface area contributed by atoms with Crippen LogP contribution in [-0.4, -0.2) is 40.4 Å². The zero-order valence-electron chi connectivity index (χ0n) is 14.1. The second-order valence-corrected chi connectivity index (χ2v) is 6.95. The zero-order valence-corrected chi connectivity index (χ0v) is 14.1. The number of nitrogens with one attached hydrogen (secondary N) is 1. The lowest BCUT2D eigenvalue weighted by Crippen LogP contribution is -2.45. The Morgan fingerprint density at radius 2 is 2.08 bits per heavy atom. The van der Waals surface area contributed by atoms with Gasteiger partial charge in [-0.1, -0.05) is 19.3 Å². The zero-order chi connectivity index (χ0) is 17.8. The molecule has 0 radical (unpaired) electrons. The minimum Gasteiger partial charge on any atom is -0.481 e. The Kier molecular flexibility index (Phi) is 5.40. The number of carbonyl (C=O) groups excluding carboxylic acids is 2. The van der Waals surface area contributed by atoms with Crippen LogP contribution in [0.1, 0.15) is 44.3 Å². The molecule has 1 saturated heterocycles. The van der Waals surface area contributed by atoms with Gasteiger partial charge in [-0.25, -0.2) is 0 Å². The molecule has 2 fully saturated rings. The average molecular weight is 348 g/mol. The molecule has 1 unspecified atom stereocenters. The third-order valence-corrected chi connectivity index (χ3v) is 5.17. The van der Waals surface area contributed by atoms with E-state index in [1.165, 1.54) is 0 Å². The van der Waals surface area contributed by atoms with Crippen molar-refractivity contribution < 1.29 is 23.9 Å². The average Bonchev–Trinajstić information content (AvgIpc) is 3.14. The molecular formula is C18H24N2O5. The summed E-state index contributed by atoms with van der Waals surface area (Å²) in [7, 11) is 0. The minimum absolute atomic E-state index is 0.0767. The van der Waals surface area contributed by atoms with Crippen LogP contribution < -0.4 is 5.32 Å². The van der Waals surface area contributed by atoms with Gasteiger partial charge in [0.25, 0.3) is 0 Å². The number of hydrogen-bond acceptors (Lipinski definition) is 4. The smallest absolute Gasteiger partial charge is 0.308 e. The molecule has 25 heavy (non-hydrogen) atoms. The molecule has 2 heterocycles. The third kappa shape index (κ3) is 4.21. The quantitative estimate of drug-likeness (QED) is 0.790. The van der Waals surface area contributed by atoms with Gasteiger partial charge in [0, 0.05) is 19.0 Å². The van der Waals surface area contributed by atoms with Gasteiger partial charge in [0.05, 0.1) is 24.6 Å². The number of furan rings is 1. The van der Waals surface area contributed by atoms with E-state index in [0.29, 0.717) is 31.7 Å². The predicted molar refractivity (Wildman–Crippen MR) is 88.4 cm³/mol. The highest BCUT2D eigenvalue weighted by molar-refractivity contribution is 5.89. The maximum atomic E-state index is 12.6. The fourth-order valence-corrected chi connectivity index (χ4v) is 3.77. The lowest BCUT2D eigenvalue weighted by molar-refractivity contribution is -0.143. The van der Waals surface area contributed by atoms with Crippen LogP contribution in [-0.2, 0) is 20.9 Å². The molecule has 1 aromatic rings. The van der Waals surface area contributed by atoms with E-state index >= 15 is 0 Å². The van der Waals surface area contributed by atoms with E-state index in [1.54, 1.807) is 23.3 Å². The van der Waals surface area contributed by atoms with Crippen LogP contribution >= 0.6 is 0 Å². The second kappa shape index (κ2) is 7.72. The first-order chi connectivity index (χ1) is 12.0. The lowest BCUT2D eigenvalue weighted by Gasteiger charge is -2.24. The van der Waals surface area contributed by atoms with Crippen molar-refractivity contribution in [3.63, 3.8) is 0 Å². The lowest BCUT2D eigenvalue weighted by atomic mass is 9.94. The molecule has 3 atom stereocenters. The number of hydrogen-bond donors (Lipinski definition) is 2. The van der Waals surface area contributed by atoms with E-state index in [4.69, 9.17) is 4.42 Å². The number of carbonyl (C=O) groups is 3. The molecule has 0 aromatic carbocycles. The molecule has 7 heteroatoms. The number of carboxylic acid groups (broad SMARTS) is 1. The Labute approximate surface area is 146 Å².